The zero-order chi connectivity index (χ0) is 15.1. The maximum atomic E-state index is 12.2. The number of ketones is 1. The fourth-order valence-electron chi connectivity index (χ4n) is 2.73. The van der Waals surface area contributed by atoms with Crippen LogP contribution in [0.1, 0.15) is 27.3 Å². The van der Waals surface area contributed by atoms with Gasteiger partial charge >= 0.3 is 0 Å². The Hall–Kier alpha value is -2.43. The molecule has 1 aromatic carbocycles. The van der Waals surface area contributed by atoms with Crippen LogP contribution in [0.3, 0.4) is 0 Å². The first-order chi connectivity index (χ1) is 10.0. The number of carbonyl (C=O) groups excluding carboxylic acids is 2. The van der Waals surface area contributed by atoms with Crippen molar-refractivity contribution in [2.45, 2.75) is 20.3 Å². The molecule has 1 amide bonds. The summed E-state index contributed by atoms with van der Waals surface area (Å²) in [5, 5.41) is 0. The first-order valence-electron chi connectivity index (χ1n) is 6.93. The molecule has 0 N–H and O–H groups in total. The van der Waals surface area contributed by atoms with Crippen molar-refractivity contribution in [2.75, 3.05) is 11.4 Å². The van der Waals surface area contributed by atoms with Gasteiger partial charge in [-0.2, -0.15) is 0 Å². The van der Waals surface area contributed by atoms with Crippen LogP contribution in [-0.2, 0) is 18.3 Å². The number of benzene rings is 1. The van der Waals surface area contributed by atoms with Crippen LogP contribution in [0.15, 0.2) is 24.5 Å². The molecule has 1 aliphatic heterocycles. The summed E-state index contributed by atoms with van der Waals surface area (Å²) in [6, 6.07) is 3.64. The van der Waals surface area contributed by atoms with Crippen LogP contribution in [0.4, 0.5) is 5.69 Å². The van der Waals surface area contributed by atoms with Crippen molar-refractivity contribution in [1.29, 1.82) is 0 Å². The minimum absolute atomic E-state index is 0.409. The SMILES string of the molecule is Cc1ccc2c(c1C)N(CCc1nccn1C)C(=O)C2=O. The van der Waals surface area contributed by atoms with Crippen molar-refractivity contribution in [3.63, 3.8) is 0 Å². The zero-order valence-corrected chi connectivity index (χ0v) is 12.4. The number of nitrogens with zero attached hydrogens (tertiary/aromatic N) is 3. The van der Waals surface area contributed by atoms with Crippen LogP contribution in [0.5, 0.6) is 0 Å². The Balaban J connectivity index is 1.94. The van der Waals surface area contributed by atoms with Crippen molar-refractivity contribution in [2.24, 2.45) is 7.05 Å². The van der Waals surface area contributed by atoms with Gasteiger partial charge in [0, 0.05) is 32.4 Å². The first kappa shape index (κ1) is 13.5. The summed E-state index contributed by atoms with van der Waals surface area (Å²) in [7, 11) is 1.92. The van der Waals surface area contributed by atoms with E-state index in [9.17, 15) is 9.59 Å². The molecule has 0 saturated carbocycles. The lowest BCUT2D eigenvalue weighted by Gasteiger charge is -2.19. The van der Waals surface area contributed by atoms with E-state index in [1.54, 1.807) is 17.2 Å². The summed E-state index contributed by atoms with van der Waals surface area (Å²) >= 11 is 0. The monoisotopic (exact) mass is 283 g/mol. The summed E-state index contributed by atoms with van der Waals surface area (Å²) in [4.78, 5) is 30.2. The van der Waals surface area contributed by atoms with Gasteiger partial charge in [0.15, 0.2) is 0 Å². The number of carbonyl (C=O) groups is 2. The van der Waals surface area contributed by atoms with Gasteiger partial charge < -0.3 is 9.47 Å². The number of anilines is 1. The summed E-state index contributed by atoms with van der Waals surface area (Å²) in [5.74, 6) is 0.0508. The van der Waals surface area contributed by atoms with Crippen LogP contribution in [0.2, 0.25) is 0 Å². The van der Waals surface area contributed by atoms with Crippen LogP contribution < -0.4 is 4.90 Å². The Morgan fingerprint density at radius 3 is 2.62 bits per heavy atom. The molecular weight excluding hydrogens is 266 g/mol. The smallest absolute Gasteiger partial charge is 0.299 e. The zero-order valence-electron chi connectivity index (χ0n) is 12.4. The molecule has 1 aliphatic rings. The van der Waals surface area contributed by atoms with Crippen molar-refractivity contribution in [3.8, 4) is 0 Å². The molecule has 0 unspecified atom stereocenters. The number of hydrogen-bond acceptors (Lipinski definition) is 3. The predicted molar refractivity (Wildman–Crippen MR) is 79.5 cm³/mol. The Kier molecular flexibility index (Phi) is 3.12. The Morgan fingerprint density at radius 1 is 1.19 bits per heavy atom. The number of fused-ring (bicyclic) bond motifs is 1. The van der Waals surface area contributed by atoms with Crippen molar-refractivity contribution in [1.82, 2.24) is 9.55 Å². The largest absolute Gasteiger partial charge is 0.338 e. The molecule has 3 rings (SSSR count). The van der Waals surface area contributed by atoms with Crippen LogP contribution >= 0.6 is 0 Å². The number of aryl methyl sites for hydroxylation is 2. The maximum absolute atomic E-state index is 12.2. The molecule has 0 fully saturated rings. The van der Waals surface area contributed by atoms with Crippen LogP contribution in [0, 0.1) is 13.8 Å². The van der Waals surface area contributed by atoms with E-state index in [2.05, 4.69) is 4.98 Å². The Labute approximate surface area is 123 Å². The third-order valence-corrected chi connectivity index (χ3v) is 4.14. The van der Waals surface area contributed by atoms with Crippen molar-refractivity contribution >= 4 is 17.4 Å². The van der Waals surface area contributed by atoms with Gasteiger partial charge in [0.2, 0.25) is 0 Å². The molecule has 0 saturated heterocycles. The average Bonchev–Trinajstić information content (AvgIpc) is 2.97. The van der Waals surface area contributed by atoms with E-state index in [0.29, 0.717) is 18.5 Å². The predicted octanol–water partition coefficient (Wildman–Crippen LogP) is 1.81. The highest BCUT2D eigenvalue weighted by atomic mass is 16.2. The van der Waals surface area contributed by atoms with Gasteiger partial charge in [0.1, 0.15) is 5.82 Å². The molecule has 2 aromatic rings. The standard InChI is InChI=1S/C16H17N3O2/c1-10-4-5-12-14(11(10)2)19(16(21)15(12)20)8-6-13-17-7-9-18(13)3/h4-5,7,9H,6,8H2,1-3H3. The third kappa shape index (κ3) is 2.05. The Bertz CT molecular complexity index is 746. The first-order valence-corrected chi connectivity index (χ1v) is 6.93. The molecule has 5 heteroatoms. The maximum Gasteiger partial charge on any atom is 0.299 e. The third-order valence-electron chi connectivity index (χ3n) is 4.14. The molecule has 108 valence electrons. The van der Waals surface area contributed by atoms with Crippen LogP contribution in [0.25, 0.3) is 0 Å². The fourth-order valence-corrected chi connectivity index (χ4v) is 2.73. The molecular formula is C16H17N3O2. The molecule has 0 bridgehead atoms. The molecule has 0 aliphatic carbocycles. The van der Waals surface area contributed by atoms with Crippen LogP contribution in [-0.4, -0.2) is 27.8 Å². The number of hydrogen-bond donors (Lipinski definition) is 0. The van der Waals surface area contributed by atoms with E-state index in [1.807, 2.05) is 37.7 Å². The van der Waals surface area contributed by atoms with Crippen molar-refractivity contribution in [3.05, 3.63) is 47.0 Å². The molecule has 1 aromatic heterocycles. The number of imidazole rings is 1. The van der Waals surface area contributed by atoms with E-state index in [0.717, 1.165) is 22.6 Å². The van der Waals surface area contributed by atoms with Gasteiger partial charge in [-0.15, -0.1) is 0 Å². The lowest BCUT2D eigenvalue weighted by molar-refractivity contribution is -0.114. The van der Waals surface area contributed by atoms with E-state index in [1.165, 1.54) is 0 Å². The topological polar surface area (TPSA) is 55.2 Å². The molecule has 2 heterocycles. The normalized spacial score (nSPS) is 14.0. The molecule has 5 nitrogen and oxygen atoms in total. The van der Waals surface area contributed by atoms with E-state index in [4.69, 9.17) is 0 Å². The molecule has 0 spiro atoms. The quantitative estimate of drug-likeness (QED) is 0.807. The van der Waals surface area contributed by atoms with Gasteiger partial charge in [-0.25, -0.2) is 4.98 Å². The minimum atomic E-state index is -0.437. The fraction of sp³-hybridized carbons (Fsp3) is 0.312. The number of aromatic nitrogens is 2. The molecule has 21 heavy (non-hydrogen) atoms. The lowest BCUT2D eigenvalue weighted by Crippen LogP contribution is -2.32. The molecule has 0 atom stereocenters. The van der Waals surface area contributed by atoms with E-state index >= 15 is 0 Å². The summed E-state index contributed by atoms with van der Waals surface area (Å²) < 4.78 is 1.92. The second-order valence-corrected chi connectivity index (χ2v) is 5.39. The summed E-state index contributed by atoms with van der Waals surface area (Å²) in [5.41, 5.74) is 3.35. The summed E-state index contributed by atoms with van der Waals surface area (Å²) in [6.45, 7) is 4.40. The number of rotatable bonds is 3. The summed E-state index contributed by atoms with van der Waals surface area (Å²) in [6.07, 6.45) is 4.22. The van der Waals surface area contributed by atoms with Crippen molar-refractivity contribution < 1.29 is 9.59 Å². The number of Topliss-reactive ketones (excluding diaryl/α,β-unsaturated/α-hetero) is 1. The second-order valence-electron chi connectivity index (χ2n) is 5.39. The van der Waals surface area contributed by atoms with Gasteiger partial charge in [-0.3, -0.25) is 9.59 Å². The second kappa shape index (κ2) is 4.84. The number of amides is 1. The minimum Gasteiger partial charge on any atom is -0.338 e. The van der Waals surface area contributed by atoms with Gasteiger partial charge in [0.05, 0.1) is 11.3 Å². The highest BCUT2D eigenvalue weighted by molar-refractivity contribution is 6.52. The van der Waals surface area contributed by atoms with Gasteiger partial charge in [-0.1, -0.05) is 6.07 Å². The average molecular weight is 283 g/mol. The highest BCUT2D eigenvalue weighted by Gasteiger charge is 2.36. The van der Waals surface area contributed by atoms with E-state index < -0.39 is 11.7 Å². The van der Waals surface area contributed by atoms with Gasteiger partial charge in [0.25, 0.3) is 11.7 Å². The molecule has 0 radical (unpaired) electrons. The van der Waals surface area contributed by atoms with E-state index in [-0.39, 0.29) is 0 Å². The Morgan fingerprint density at radius 2 is 1.95 bits per heavy atom. The van der Waals surface area contributed by atoms with Gasteiger partial charge in [-0.05, 0) is 31.0 Å². The highest BCUT2D eigenvalue weighted by Crippen LogP contribution is 2.34. The lowest BCUT2D eigenvalue weighted by atomic mass is 10.0.